The summed E-state index contributed by atoms with van der Waals surface area (Å²) >= 11 is 6.37. The second kappa shape index (κ2) is 11.1. The van der Waals surface area contributed by atoms with Gasteiger partial charge < -0.3 is 15.2 Å². The number of ether oxygens (including phenoxy) is 2. The molecule has 1 aliphatic carbocycles. The summed E-state index contributed by atoms with van der Waals surface area (Å²) in [7, 11) is 1.63. The number of methoxy groups -OCH3 is 1. The van der Waals surface area contributed by atoms with Gasteiger partial charge in [-0.05, 0) is 97.8 Å². The highest BCUT2D eigenvalue weighted by Gasteiger charge is 2.41. The summed E-state index contributed by atoms with van der Waals surface area (Å²) < 4.78 is 11.3. The summed E-state index contributed by atoms with van der Waals surface area (Å²) in [6, 6.07) is 19.6. The van der Waals surface area contributed by atoms with Crippen LogP contribution in [0.25, 0.3) is 0 Å². The Balaban J connectivity index is 1.61. The van der Waals surface area contributed by atoms with Crippen molar-refractivity contribution in [1.29, 1.82) is 5.26 Å². The monoisotopic (exact) mass is 553 g/mol. The lowest BCUT2D eigenvalue weighted by atomic mass is 9.74. The Bertz CT molecular complexity index is 1600. The van der Waals surface area contributed by atoms with Crippen molar-refractivity contribution in [3.8, 4) is 17.6 Å². The van der Waals surface area contributed by atoms with Gasteiger partial charge in [-0.15, -0.1) is 0 Å². The van der Waals surface area contributed by atoms with Crippen LogP contribution < -0.4 is 20.1 Å². The number of nitriles is 1. The molecule has 40 heavy (non-hydrogen) atoms. The molecule has 0 radical (unpaired) electrons. The number of hydrogen-bond donors (Lipinski definition) is 1. The highest BCUT2D eigenvalue weighted by molar-refractivity contribution is 6.30. The second-order valence-electron chi connectivity index (χ2n) is 10.3. The number of allylic oxidation sites excluding steroid dienone is 3. The van der Waals surface area contributed by atoms with Crippen molar-refractivity contribution in [2.75, 3.05) is 12.0 Å². The topological polar surface area (TPSA) is 88.6 Å². The molecule has 0 fully saturated rings. The SMILES string of the molecule is COc1ccc(OCc2cc(C3C(C#N)=C(N)N(c4cc(Cl)ccc4C)C4=C3C(=O)CCC4)c(C)cc2C)cc1. The Morgan fingerprint density at radius 2 is 1.73 bits per heavy atom. The van der Waals surface area contributed by atoms with Crippen molar-refractivity contribution < 1.29 is 14.3 Å². The first-order valence-electron chi connectivity index (χ1n) is 13.3. The molecule has 7 heteroatoms. The molecule has 3 aromatic carbocycles. The number of anilines is 1. The summed E-state index contributed by atoms with van der Waals surface area (Å²) in [5.74, 6) is 1.32. The maximum absolute atomic E-state index is 13.6. The Hall–Kier alpha value is -4.21. The van der Waals surface area contributed by atoms with Gasteiger partial charge in [0.05, 0.1) is 30.4 Å². The number of rotatable bonds is 6. The highest BCUT2D eigenvalue weighted by atomic mass is 35.5. The van der Waals surface area contributed by atoms with Crippen LogP contribution in [0.15, 0.2) is 77.3 Å². The van der Waals surface area contributed by atoms with Crippen LogP contribution >= 0.6 is 11.6 Å². The van der Waals surface area contributed by atoms with Gasteiger partial charge in [0.15, 0.2) is 5.78 Å². The summed E-state index contributed by atoms with van der Waals surface area (Å²) in [5.41, 5.74) is 14.3. The van der Waals surface area contributed by atoms with Gasteiger partial charge in [-0.3, -0.25) is 9.69 Å². The Morgan fingerprint density at radius 1 is 1.00 bits per heavy atom. The molecule has 204 valence electrons. The van der Waals surface area contributed by atoms with E-state index in [1.807, 2.05) is 68.1 Å². The number of aryl methyl sites for hydroxylation is 3. The Kier molecular flexibility index (Phi) is 7.60. The molecule has 0 aromatic heterocycles. The number of halogens is 1. The zero-order valence-corrected chi connectivity index (χ0v) is 23.9. The van der Waals surface area contributed by atoms with E-state index in [2.05, 4.69) is 18.2 Å². The molecule has 0 spiro atoms. The number of carbonyl (C=O) groups is 1. The van der Waals surface area contributed by atoms with Crippen LogP contribution in [0.3, 0.4) is 0 Å². The van der Waals surface area contributed by atoms with Gasteiger partial charge in [0, 0.05) is 22.7 Å². The number of carbonyl (C=O) groups excluding carboxylic acids is 1. The maximum atomic E-state index is 13.6. The first kappa shape index (κ1) is 27.4. The Labute approximate surface area is 240 Å². The van der Waals surface area contributed by atoms with Crippen molar-refractivity contribution in [1.82, 2.24) is 0 Å². The quantitative estimate of drug-likeness (QED) is 0.348. The van der Waals surface area contributed by atoms with Crippen molar-refractivity contribution in [2.45, 2.75) is 52.6 Å². The maximum Gasteiger partial charge on any atom is 0.161 e. The van der Waals surface area contributed by atoms with E-state index >= 15 is 0 Å². The average Bonchev–Trinajstić information content (AvgIpc) is 2.94. The van der Waals surface area contributed by atoms with Gasteiger partial charge in [0.25, 0.3) is 0 Å². The summed E-state index contributed by atoms with van der Waals surface area (Å²) in [6.45, 7) is 6.37. The molecule has 3 aromatic rings. The molecule has 6 nitrogen and oxygen atoms in total. The molecular weight excluding hydrogens is 522 g/mol. The fourth-order valence-electron chi connectivity index (χ4n) is 5.71. The second-order valence-corrected chi connectivity index (χ2v) is 10.8. The minimum atomic E-state index is -0.552. The van der Waals surface area contributed by atoms with Gasteiger partial charge in [-0.1, -0.05) is 29.8 Å². The van der Waals surface area contributed by atoms with E-state index in [4.69, 9.17) is 26.8 Å². The number of ketones is 1. The van der Waals surface area contributed by atoms with E-state index in [1.54, 1.807) is 7.11 Å². The van der Waals surface area contributed by atoms with Gasteiger partial charge in [-0.25, -0.2) is 0 Å². The van der Waals surface area contributed by atoms with E-state index in [9.17, 15) is 10.1 Å². The minimum absolute atomic E-state index is 0.0483. The lowest BCUT2D eigenvalue weighted by Gasteiger charge is -2.40. The number of hydrogen-bond acceptors (Lipinski definition) is 6. The molecule has 0 bridgehead atoms. The molecule has 1 heterocycles. The van der Waals surface area contributed by atoms with E-state index in [0.29, 0.717) is 41.4 Å². The van der Waals surface area contributed by atoms with Crippen LogP contribution in [-0.2, 0) is 11.4 Å². The van der Waals surface area contributed by atoms with Crippen molar-refractivity contribution in [3.63, 3.8) is 0 Å². The molecule has 0 saturated heterocycles. The number of benzene rings is 3. The van der Waals surface area contributed by atoms with Crippen LogP contribution in [0.4, 0.5) is 5.69 Å². The van der Waals surface area contributed by atoms with Gasteiger partial charge in [-0.2, -0.15) is 5.26 Å². The number of Topliss-reactive ketones (excluding diaryl/α,β-unsaturated/α-hetero) is 1. The number of nitrogens with zero attached hydrogens (tertiary/aromatic N) is 2. The molecule has 1 unspecified atom stereocenters. The first-order chi connectivity index (χ1) is 19.2. The first-order valence-corrected chi connectivity index (χ1v) is 13.7. The van der Waals surface area contributed by atoms with Crippen molar-refractivity contribution >= 4 is 23.1 Å². The average molecular weight is 554 g/mol. The largest absolute Gasteiger partial charge is 0.497 e. The van der Waals surface area contributed by atoms with Crippen molar-refractivity contribution in [3.05, 3.63) is 110 Å². The van der Waals surface area contributed by atoms with Gasteiger partial charge in [0.2, 0.25) is 0 Å². The molecule has 5 rings (SSSR count). The number of nitrogens with two attached hydrogens (primary N) is 1. The molecule has 2 aliphatic rings. The molecule has 2 N–H and O–H groups in total. The third kappa shape index (κ3) is 4.94. The van der Waals surface area contributed by atoms with Crippen LogP contribution in [0.2, 0.25) is 5.02 Å². The zero-order valence-electron chi connectivity index (χ0n) is 23.2. The van der Waals surface area contributed by atoms with Gasteiger partial charge >= 0.3 is 0 Å². The lowest BCUT2D eigenvalue weighted by Crippen LogP contribution is -2.39. The summed E-state index contributed by atoms with van der Waals surface area (Å²) in [6.07, 6.45) is 1.85. The zero-order chi connectivity index (χ0) is 28.6. The predicted octanol–water partition coefficient (Wildman–Crippen LogP) is 7.16. The fraction of sp³-hybridized carbons (Fsp3) is 0.273. The molecule has 1 atom stereocenters. The standard InChI is InChI=1S/C33H32ClN3O3/c1-19-8-9-23(34)16-29(19)37-28-6-5-7-30(38)32(28)31(27(17-35)33(37)36)26-15-22(20(2)14-21(26)3)18-40-25-12-10-24(39-4)11-13-25/h8-16,31H,5-7,18,36H2,1-4H3. The third-order valence-electron chi connectivity index (χ3n) is 7.81. The highest BCUT2D eigenvalue weighted by Crippen LogP contribution is 2.48. The van der Waals surface area contributed by atoms with Crippen LogP contribution in [-0.4, -0.2) is 12.9 Å². The third-order valence-corrected chi connectivity index (χ3v) is 8.05. The molecule has 0 saturated carbocycles. The van der Waals surface area contributed by atoms with E-state index < -0.39 is 5.92 Å². The normalized spacial score (nSPS) is 17.1. The summed E-state index contributed by atoms with van der Waals surface area (Å²) in [5, 5.41) is 11.0. The van der Waals surface area contributed by atoms with Gasteiger partial charge in [0.1, 0.15) is 23.9 Å². The molecule has 0 amide bonds. The predicted molar refractivity (Wildman–Crippen MR) is 157 cm³/mol. The smallest absolute Gasteiger partial charge is 0.161 e. The molecule has 1 aliphatic heterocycles. The van der Waals surface area contributed by atoms with Crippen LogP contribution in [0.5, 0.6) is 11.5 Å². The summed E-state index contributed by atoms with van der Waals surface area (Å²) in [4.78, 5) is 15.5. The van der Waals surface area contributed by atoms with E-state index in [-0.39, 0.29) is 5.78 Å². The fourth-order valence-corrected chi connectivity index (χ4v) is 5.88. The minimum Gasteiger partial charge on any atom is -0.497 e. The van der Waals surface area contributed by atoms with Crippen molar-refractivity contribution in [2.24, 2.45) is 5.73 Å². The van der Waals surface area contributed by atoms with Crippen LogP contribution in [0, 0.1) is 32.1 Å². The lowest BCUT2D eigenvalue weighted by molar-refractivity contribution is -0.116. The van der Waals surface area contributed by atoms with E-state index in [0.717, 1.165) is 57.1 Å². The molecular formula is C33H32ClN3O3. The van der Waals surface area contributed by atoms with E-state index in [1.165, 1.54) is 0 Å². The Morgan fingerprint density at radius 3 is 2.42 bits per heavy atom. The van der Waals surface area contributed by atoms with Crippen LogP contribution in [0.1, 0.15) is 53.0 Å².